The van der Waals surface area contributed by atoms with Gasteiger partial charge >= 0.3 is 0 Å². The van der Waals surface area contributed by atoms with Crippen molar-refractivity contribution in [3.05, 3.63) is 34.9 Å². The Morgan fingerprint density at radius 1 is 1.00 bits per heavy atom. The summed E-state index contributed by atoms with van der Waals surface area (Å²) in [5.41, 5.74) is 4.70. The second-order valence-corrected chi connectivity index (χ2v) is 4.39. The quantitative estimate of drug-likeness (QED) is 0.617. The summed E-state index contributed by atoms with van der Waals surface area (Å²) in [4.78, 5) is 0. The van der Waals surface area contributed by atoms with Crippen LogP contribution in [-0.2, 0) is 12.8 Å². The van der Waals surface area contributed by atoms with Crippen LogP contribution < -0.4 is 0 Å². The fraction of sp³-hybridized carbons (Fsp3) is 0.538. The summed E-state index contributed by atoms with van der Waals surface area (Å²) in [5, 5.41) is 0. The molecule has 0 spiro atoms. The Morgan fingerprint density at radius 3 is 2.29 bits per heavy atom. The molecule has 1 aromatic rings. The molecule has 78 valence electrons. The molecule has 0 radical (unpaired) electrons. The van der Waals surface area contributed by atoms with Crippen LogP contribution in [-0.4, -0.2) is 0 Å². The van der Waals surface area contributed by atoms with Gasteiger partial charge < -0.3 is 0 Å². The van der Waals surface area contributed by atoms with Crippen molar-refractivity contribution in [3.63, 3.8) is 0 Å². The summed E-state index contributed by atoms with van der Waals surface area (Å²) in [6.45, 7) is 4.54. The zero-order valence-electron chi connectivity index (χ0n) is 9.34. The molecule has 0 saturated carbocycles. The Balaban J connectivity index is 0.000000980. The third-order valence-corrected chi connectivity index (χ3v) is 3.04. The Kier molecular flexibility index (Phi) is 4.13. The van der Waals surface area contributed by atoms with E-state index in [0.29, 0.717) is 5.92 Å². The average molecular weight is 208 g/mol. The van der Waals surface area contributed by atoms with Crippen LogP contribution >= 0.6 is 9.90 Å². The molecule has 0 aliphatic heterocycles. The Hall–Kier alpha value is -0.350. The summed E-state index contributed by atoms with van der Waals surface area (Å²) in [5.74, 6) is 0.673. The fourth-order valence-electron chi connectivity index (χ4n) is 2.11. The van der Waals surface area contributed by atoms with Gasteiger partial charge in [0.2, 0.25) is 0 Å². The first-order valence-electron chi connectivity index (χ1n) is 5.39. The van der Waals surface area contributed by atoms with Gasteiger partial charge in [-0.15, -0.1) is 0 Å². The van der Waals surface area contributed by atoms with Crippen LogP contribution in [0.2, 0.25) is 0 Å². The third kappa shape index (κ3) is 2.36. The molecule has 1 atom stereocenters. The van der Waals surface area contributed by atoms with Crippen LogP contribution in [0.15, 0.2) is 18.2 Å². The lowest BCUT2D eigenvalue weighted by atomic mass is 9.88. The highest BCUT2D eigenvalue weighted by molar-refractivity contribution is 6.92. The van der Waals surface area contributed by atoms with E-state index < -0.39 is 0 Å². The summed E-state index contributed by atoms with van der Waals surface area (Å²) in [6, 6.07) is 7.05. The molecular formula is C13H21P. The highest BCUT2D eigenvalue weighted by Crippen LogP contribution is 2.25. The van der Waals surface area contributed by atoms with Crippen LogP contribution in [0, 0.1) is 0 Å². The Morgan fingerprint density at radius 2 is 1.64 bits per heavy atom. The number of benzene rings is 1. The highest BCUT2D eigenvalue weighted by Gasteiger charge is 2.10. The highest BCUT2D eigenvalue weighted by atomic mass is 31.0. The van der Waals surface area contributed by atoms with Gasteiger partial charge in [-0.1, -0.05) is 32.0 Å². The largest absolute Gasteiger partial charge is 0.153 e. The molecule has 1 aliphatic rings. The maximum absolute atomic E-state index is 2.42. The van der Waals surface area contributed by atoms with E-state index in [1.54, 1.807) is 11.1 Å². The van der Waals surface area contributed by atoms with Crippen molar-refractivity contribution < 1.29 is 0 Å². The third-order valence-electron chi connectivity index (χ3n) is 3.04. The predicted octanol–water partition coefficient (Wildman–Crippen LogP) is 3.75. The second-order valence-electron chi connectivity index (χ2n) is 4.39. The van der Waals surface area contributed by atoms with Crippen molar-refractivity contribution in [2.75, 3.05) is 0 Å². The first-order chi connectivity index (χ1) is 6.27. The van der Waals surface area contributed by atoms with Crippen molar-refractivity contribution in [2.24, 2.45) is 0 Å². The van der Waals surface area contributed by atoms with Gasteiger partial charge in [-0.3, -0.25) is 0 Å². The maximum Gasteiger partial charge on any atom is -0.0219 e. The summed E-state index contributed by atoms with van der Waals surface area (Å²) >= 11 is 0. The monoisotopic (exact) mass is 208 g/mol. The van der Waals surface area contributed by atoms with Crippen LogP contribution in [0.4, 0.5) is 0 Å². The van der Waals surface area contributed by atoms with Crippen LogP contribution in [0.25, 0.3) is 0 Å². The normalized spacial score (nSPS) is 14.8. The molecule has 14 heavy (non-hydrogen) atoms. The summed E-state index contributed by atoms with van der Waals surface area (Å²) in [6.07, 6.45) is 5.37. The fourth-order valence-corrected chi connectivity index (χ4v) is 2.11. The van der Waals surface area contributed by atoms with E-state index in [-0.39, 0.29) is 9.90 Å². The van der Waals surface area contributed by atoms with Crippen LogP contribution in [0.3, 0.4) is 0 Å². The maximum atomic E-state index is 2.42. The SMILES string of the molecule is CC(C)c1ccc2c(c1)CCCC2.P. The minimum absolute atomic E-state index is 0. The smallest absolute Gasteiger partial charge is 0.0219 e. The number of hydrogen-bond acceptors (Lipinski definition) is 0. The van der Waals surface area contributed by atoms with Crippen molar-refractivity contribution in [3.8, 4) is 0 Å². The number of rotatable bonds is 1. The van der Waals surface area contributed by atoms with Gasteiger partial charge in [0.1, 0.15) is 0 Å². The van der Waals surface area contributed by atoms with E-state index >= 15 is 0 Å². The average Bonchev–Trinajstić information content (AvgIpc) is 2.17. The predicted molar refractivity (Wildman–Crippen MR) is 68.3 cm³/mol. The van der Waals surface area contributed by atoms with Crippen molar-refractivity contribution in [1.82, 2.24) is 0 Å². The second kappa shape index (κ2) is 4.94. The van der Waals surface area contributed by atoms with E-state index in [4.69, 9.17) is 0 Å². The van der Waals surface area contributed by atoms with E-state index in [0.717, 1.165) is 0 Å². The van der Waals surface area contributed by atoms with Gasteiger partial charge in [0, 0.05) is 0 Å². The molecule has 0 aromatic heterocycles. The van der Waals surface area contributed by atoms with Gasteiger partial charge in [0.15, 0.2) is 0 Å². The van der Waals surface area contributed by atoms with E-state index in [9.17, 15) is 0 Å². The van der Waals surface area contributed by atoms with Gasteiger partial charge in [-0.2, -0.15) is 9.90 Å². The van der Waals surface area contributed by atoms with E-state index in [2.05, 4.69) is 32.0 Å². The zero-order chi connectivity index (χ0) is 9.26. The molecule has 1 heteroatoms. The topological polar surface area (TPSA) is 0 Å². The molecular weight excluding hydrogens is 187 g/mol. The Labute approximate surface area is 90.7 Å². The van der Waals surface area contributed by atoms with Gasteiger partial charge in [0.05, 0.1) is 0 Å². The summed E-state index contributed by atoms with van der Waals surface area (Å²) < 4.78 is 0. The molecule has 0 N–H and O–H groups in total. The summed E-state index contributed by atoms with van der Waals surface area (Å²) in [7, 11) is 0. The lowest BCUT2D eigenvalue weighted by molar-refractivity contribution is 0.682. The van der Waals surface area contributed by atoms with E-state index in [1.165, 1.54) is 31.2 Å². The Bertz CT molecular complexity index is 302. The molecule has 0 fully saturated rings. The molecule has 0 nitrogen and oxygen atoms in total. The van der Waals surface area contributed by atoms with Crippen LogP contribution in [0.1, 0.15) is 49.3 Å². The lowest BCUT2D eigenvalue weighted by Gasteiger charge is -2.17. The van der Waals surface area contributed by atoms with Crippen molar-refractivity contribution in [2.45, 2.75) is 45.4 Å². The molecule has 0 bridgehead atoms. The first-order valence-corrected chi connectivity index (χ1v) is 5.39. The van der Waals surface area contributed by atoms with Crippen LogP contribution in [0.5, 0.6) is 0 Å². The molecule has 0 heterocycles. The van der Waals surface area contributed by atoms with Crippen molar-refractivity contribution >= 4 is 9.90 Å². The van der Waals surface area contributed by atoms with Crippen molar-refractivity contribution in [1.29, 1.82) is 0 Å². The standard InChI is InChI=1S/C13H18.H3P/c1-10(2)12-8-7-11-5-3-4-6-13(11)9-12;/h7-10H,3-6H2,1-2H3;1H3. The molecule has 0 saturated heterocycles. The number of fused-ring (bicyclic) bond motifs is 1. The molecule has 1 aromatic carbocycles. The number of hydrogen-bond donors (Lipinski definition) is 0. The van der Waals surface area contributed by atoms with Gasteiger partial charge in [0.25, 0.3) is 0 Å². The van der Waals surface area contributed by atoms with E-state index in [1.807, 2.05) is 0 Å². The molecule has 1 aliphatic carbocycles. The first kappa shape index (κ1) is 11.7. The number of aryl methyl sites for hydroxylation is 2. The molecule has 1 unspecified atom stereocenters. The van der Waals surface area contributed by atoms with Gasteiger partial charge in [-0.25, -0.2) is 0 Å². The van der Waals surface area contributed by atoms with Gasteiger partial charge in [-0.05, 0) is 48.3 Å². The lowest BCUT2D eigenvalue weighted by Crippen LogP contribution is -2.03. The minimum atomic E-state index is 0. The zero-order valence-corrected chi connectivity index (χ0v) is 10.8. The molecule has 0 amide bonds. The molecule has 2 rings (SSSR count). The minimum Gasteiger partial charge on any atom is -0.153 e.